The van der Waals surface area contributed by atoms with Crippen molar-refractivity contribution in [1.82, 2.24) is 0 Å². The Labute approximate surface area is 120 Å². The zero-order valence-electron chi connectivity index (χ0n) is 12.6. The molecule has 5 nitrogen and oxygen atoms in total. The average molecular weight is 281 g/mol. The number of hydrogen-bond donors (Lipinski definition) is 0. The van der Waals surface area contributed by atoms with Crippen LogP contribution in [0, 0.1) is 28.6 Å². The molecule has 0 spiro atoms. The molecule has 0 aromatic carbocycles. The molecule has 1 aliphatic rings. The van der Waals surface area contributed by atoms with Gasteiger partial charge in [-0.15, -0.1) is 0 Å². The molecule has 0 aromatic heterocycles. The Morgan fingerprint density at radius 2 is 1.70 bits per heavy atom. The number of hydrogen-bond acceptors (Lipinski definition) is 5. The van der Waals surface area contributed by atoms with Crippen molar-refractivity contribution < 1.29 is 19.1 Å². The Kier molecular flexibility index (Phi) is 5.55. The van der Waals surface area contributed by atoms with E-state index in [-0.39, 0.29) is 17.8 Å². The standard InChI is InChI=1S/C15H23NO4/c1-10(20-14(18)15(2,3)4)19-13(17)12-7-5-11(9-16)6-8-12/h10-12H,5-8H2,1-4H3/t10?,11-,12-. The fourth-order valence-corrected chi connectivity index (χ4v) is 2.07. The van der Waals surface area contributed by atoms with Gasteiger partial charge in [0.1, 0.15) is 0 Å². The quantitative estimate of drug-likeness (QED) is 0.587. The summed E-state index contributed by atoms with van der Waals surface area (Å²) in [7, 11) is 0. The molecule has 1 aliphatic carbocycles. The minimum absolute atomic E-state index is 0.0511. The van der Waals surface area contributed by atoms with Crippen molar-refractivity contribution in [2.24, 2.45) is 17.3 Å². The third-order valence-electron chi connectivity index (χ3n) is 3.41. The molecule has 1 rings (SSSR count). The summed E-state index contributed by atoms with van der Waals surface area (Å²) < 4.78 is 10.2. The van der Waals surface area contributed by atoms with Crippen LogP contribution in [0.1, 0.15) is 53.4 Å². The van der Waals surface area contributed by atoms with E-state index in [0.29, 0.717) is 12.8 Å². The number of ether oxygens (including phenoxy) is 2. The van der Waals surface area contributed by atoms with Gasteiger partial charge in [0, 0.05) is 12.8 Å². The first-order valence-electron chi connectivity index (χ1n) is 7.05. The third-order valence-corrected chi connectivity index (χ3v) is 3.41. The van der Waals surface area contributed by atoms with Crippen LogP contribution >= 0.6 is 0 Å². The second kappa shape index (κ2) is 6.74. The highest BCUT2D eigenvalue weighted by atomic mass is 16.7. The van der Waals surface area contributed by atoms with Crippen LogP contribution in [0.25, 0.3) is 0 Å². The molecule has 0 amide bonds. The normalized spacial score (nSPS) is 24.4. The highest BCUT2D eigenvalue weighted by molar-refractivity contribution is 5.76. The van der Waals surface area contributed by atoms with Crippen molar-refractivity contribution in [1.29, 1.82) is 5.26 Å². The van der Waals surface area contributed by atoms with Crippen LogP contribution in [0.3, 0.4) is 0 Å². The predicted octanol–water partition coefficient (Wildman–Crippen LogP) is 2.79. The Morgan fingerprint density at radius 3 is 2.15 bits per heavy atom. The first-order valence-corrected chi connectivity index (χ1v) is 7.05. The second-order valence-corrected chi connectivity index (χ2v) is 6.34. The highest BCUT2D eigenvalue weighted by Gasteiger charge is 2.30. The van der Waals surface area contributed by atoms with Crippen LogP contribution in [0.15, 0.2) is 0 Å². The van der Waals surface area contributed by atoms with Crippen molar-refractivity contribution in [3.8, 4) is 6.07 Å². The minimum atomic E-state index is -0.872. The molecule has 1 fully saturated rings. The fraction of sp³-hybridized carbons (Fsp3) is 0.800. The van der Waals surface area contributed by atoms with Gasteiger partial charge in [0.15, 0.2) is 0 Å². The van der Waals surface area contributed by atoms with E-state index in [0.717, 1.165) is 12.8 Å². The molecule has 0 N–H and O–H groups in total. The van der Waals surface area contributed by atoms with E-state index in [1.54, 1.807) is 27.7 Å². The molecule has 112 valence electrons. The van der Waals surface area contributed by atoms with Gasteiger partial charge in [-0.25, -0.2) is 0 Å². The molecule has 0 bridgehead atoms. The lowest BCUT2D eigenvalue weighted by atomic mass is 9.83. The van der Waals surface area contributed by atoms with Gasteiger partial charge in [0.05, 0.1) is 17.4 Å². The molecular weight excluding hydrogens is 258 g/mol. The van der Waals surface area contributed by atoms with Crippen LogP contribution in [0.5, 0.6) is 0 Å². The summed E-state index contributed by atoms with van der Waals surface area (Å²) in [5, 5.41) is 8.81. The lowest BCUT2D eigenvalue weighted by Crippen LogP contribution is -2.32. The number of nitriles is 1. The molecule has 0 saturated heterocycles. The molecular formula is C15H23NO4. The smallest absolute Gasteiger partial charge is 0.314 e. The number of carbonyl (C=O) groups is 2. The average Bonchev–Trinajstić information content (AvgIpc) is 2.37. The van der Waals surface area contributed by atoms with Crippen molar-refractivity contribution in [3.05, 3.63) is 0 Å². The Hall–Kier alpha value is -1.57. The minimum Gasteiger partial charge on any atom is -0.425 e. The first kappa shape index (κ1) is 16.5. The van der Waals surface area contributed by atoms with Gasteiger partial charge in [-0.05, 0) is 46.5 Å². The van der Waals surface area contributed by atoms with Crippen molar-refractivity contribution in [2.45, 2.75) is 59.7 Å². The molecule has 1 saturated carbocycles. The lowest BCUT2D eigenvalue weighted by Gasteiger charge is -2.25. The van der Waals surface area contributed by atoms with E-state index in [2.05, 4.69) is 6.07 Å². The number of esters is 2. The third kappa shape index (κ3) is 4.84. The summed E-state index contributed by atoms with van der Waals surface area (Å²) in [5.41, 5.74) is -0.620. The van der Waals surface area contributed by atoms with Crippen molar-refractivity contribution >= 4 is 11.9 Å². The topological polar surface area (TPSA) is 76.4 Å². The molecule has 1 unspecified atom stereocenters. The van der Waals surface area contributed by atoms with E-state index >= 15 is 0 Å². The maximum atomic E-state index is 11.9. The Bertz CT molecular complexity index is 397. The molecule has 0 aliphatic heterocycles. The van der Waals surface area contributed by atoms with Crippen LogP contribution in [0.4, 0.5) is 0 Å². The SMILES string of the molecule is CC(OC(=O)C(C)(C)C)OC(=O)[C@H]1CC[C@H](C#N)CC1. The maximum Gasteiger partial charge on any atom is 0.314 e. The largest absolute Gasteiger partial charge is 0.425 e. The summed E-state index contributed by atoms with van der Waals surface area (Å²) in [6, 6.07) is 2.23. The monoisotopic (exact) mass is 281 g/mol. The van der Waals surface area contributed by atoms with Crippen LogP contribution < -0.4 is 0 Å². The van der Waals surface area contributed by atoms with Crippen LogP contribution in [0.2, 0.25) is 0 Å². The predicted molar refractivity (Wildman–Crippen MR) is 72.2 cm³/mol. The number of carbonyl (C=O) groups excluding carboxylic acids is 2. The fourth-order valence-electron chi connectivity index (χ4n) is 2.07. The van der Waals surface area contributed by atoms with Crippen LogP contribution in [-0.4, -0.2) is 18.2 Å². The van der Waals surface area contributed by atoms with E-state index in [9.17, 15) is 9.59 Å². The van der Waals surface area contributed by atoms with E-state index in [1.165, 1.54) is 0 Å². The summed E-state index contributed by atoms with van der Waals surface area (Å²) in [5.74, 6) is -0.868. The van der Waals surface area contributed by atoms with Gasteiger partial charge in [0.2, 0.25) is 6.29 Å². The molecule has 1 atom stereocenters. The first-order chi connectivity index (χ1) is 9.24. The molecule has 0 radical (unpaired) electrons. The van der Waals surface area contributed by atoms with Crippen LogP contribution in [-0.2, 0) is 19.1 Å². The lowest BCUT2D eigenvalue weighted by molar-refractivity contribution is -0.193. The summed E-state index contributed by atoms with van der Waals surface area (Å²) >= 11 is 0. The second-order valence-electron chi connectivity index (χ2n) is 6.34. The summed E-state index contributed by atoms with van der Waals surface area (Å²) in [4.78, 5) is 23.6. The molecule has 0 heterocycles. The number of nitrogens with zero attached hydrogens (tertiary/aromatic N) is 1. The van der Waals surface area contributed by atoms with Gasteiger partial charge in [-0.2, -0.15) is 5.26 Å². The maximum absolute atomic E-state index is 11.9. The Balaban J connectivity index is 2.39. The molecule has 5 heteroatoms. The van der Waals surface area contributed by atoms with Gasteiger partial charge >= 0.3 is 11.9 Å². The molecule has 20 heavy (non-hydrogen) atoms. The van der Waals surface area contributed by atoms with Crippen molar-refractivity contribution in [3.63, 3.8) is 0 Å². The van der Waals surface area contributed by atoms with E-state index < -0.39 is 17.7 Å². The van der Waals surface area contributed by atoms with Crippen molar-refractivity contribution in [2.75, 3.05) is 0 Å². The van der Waals surface area contributed by atoms with Gasteiger partial charge in [-0.1, -0.05) is 0 Å². The summed E-state index contributed by atoms with van der Waals surface area (Å²) in [6.45, 7) is 6.77. The van der Waals surface area contributed by atoms with Gasteiger partial charge in [-0.3, -0.25) is 9.59 Å². The van der Waals surface area contributed by atoms with Gasteiger partial charge in [0.25, 0.3) is 0 Å². The zero-order valence-corrected chi connectivity index (χ0v) is 12.6. The number of rotatable bonds is 3. The van der Waals surface area contributed by atoms with E-state index in [1.807, 2.05) is 0 Å². The Morgan fingerprint density at radius 1 is 1.15 bits per heavy atom. The molecule has 0 aromatic rings. The zero-order chi connectivity index (χ0) is 15.3. The van der Waals surface area contributed by atoms with E-state index in [4.69, 9.17) is 14.7 Å². The summed E-state index contributed by atoms with van der Waals surface area (Å²) in [6.07, 6.45) is 1.91. The highest BCUT2D eigenvalue weighted by Crippen LogP contribution is 2.29. The van der Waals surface area contributed by atoms with Gasteiger partial charge < -0.3 is 9.47 Å².